The molecule has 2 bridgehead atoms. The summed E-state index contributed by atoms with van der Waals surface area (Å²) in [5.41, 5.74) is 4.33. The van der Waals surface area contributed by atoms with Gasteiger partial charge in [-0.2, -0.15) is 13.2 Å². The Morgan fingerprint density at radius 2 is 1.75 bits per heavy atom. The molecule has 10 nitrogen and oxygen atoms in total. The molecule has 1 spiro atoms. The fourth-order valence-corrected chi connectivity index (χ4v) is 7.77. The number of primary amides is 1. The number of fused-ring (bicyclic) bond motifs is 5. The van der Waals surface area contributed by atoms with E-state index < -0.39 is 59.3 Å². The molecule has 0 aromatic heterocycles. The molecule has 0 radical (unpaired) electrons. The molecule has 2 saturated heterocycles. The number of nitrogens with one attached hydrogen (secondary N) is 3. The number of amides is 5. The van der Waals surface area contributed by atoms with Gasteiger partial charge in [-0.25, -0.2) is 0 Å². The molecule has 5 aliphatic rings. The summed E-state index contributed by atoms with van der Waals surface area (Å²) >= 11 is 0. The van der Waals surface area contributed by atoms with Crippen molar-refractivity contribution in [2.24, 2.45) is 40.7 Å². The lowest BCUT2D eigenvalue weighted by molar-refractivity contribution is -0.176. The maximum atomic E-state index is 13.9. The largest absolute Gasteiger partial charge is 0.471 e. The lowest BCUT2D eigenvalue weighted by atomic mass is 9.78. The number of hydrogen-bond acceptors (Lipinski definition) is 5. The molecule has 2 heterocycles. The van der Waals surface area contributed by atoms with Gasteiger partial charge < -0.3 is 26.6 Å². The summed E-state index contributed by atoms with van der Waals surface area (Å²) in [6, 6.07) is -3.69. The smallest absolute Gasteiger partial charge is 0.368 e. The number of alkyl halides is 3. The van der Waals surface area contributed by atoms with Gasteiger partial charge in [0.2, 0.25) is 23.6 Å². The highest BCUT2D eigenvalue weighted by atomic mass is 19.4. The van der Waals surface area contributed by atoms with Gasteiger partial charge in [-0.05, 0) is 74.0 Å². The van der Waals surface area contributed by atoms with Crippen LogP contribution in [0.4, 0.5) is 13.2 Å². The van der Waals surface area contributed by atoms with Crippen LogP contribution in [0.2, 0.25) is 0 Å². The quantitative estimate of drug-likeness (QED) is 0.361. The van der Waals surface area contributed by atoms with Crippen molar-refractivity contribution >= 4 is 29.5 Å². The second-order valence-corrected chi connectivity index (χ2v) is 13.6. The fourth-order valence-electron chi connectivity index (χ4n) is 7.77. The van der Waals surface area contributed by atoms with Gasteiger partial charge in [0.05, 0.1) is 0 Å². The minimum Gasteiger partial charge on any atom is -0.368 e. The Hall–Kier alpha value is -2.86. The molecular formula is C27H38F3N5O5. The van der Waals surface area contributed by atoms with Crippen molar-refractivity contribution in [3.63, 3.8) is 0 Å². The van der Waals surface area contributed by atoms with Crippen molar-refractivity contribution in [2.45, 2.75) is 95.6 Å². The zero-order chi connectivity index (χ0) is 29.4. The minimum absolute atomic E-state index is 0.000233. The summed E-state index contributed by atoms with van der Waals surface area (Å²) in [5, 5.41) is 7.51. The van der Waals surface area contributed by atoms with Crippen LogP contribution in [0.25, 0.3) is 0 Å². The van der Waals surface area contributed by atoms with E-state index in [0.717, 1.165) is 32.1 Å². The van der Waals surface area contributed by atoms with E-state index >= 15 is 0 Å². The standard InChI is InChI=1S/C27H38F3N5O5/c1-25(2,3)19(33-24(40)27(28,29)30)23(39)35-11-15-12-4-5-13(8-12)17(15)18(35)22(38)32-16(20(31)36)9-14-10-26(6-7-26)34-21(14)37/h12-19H,4-11H2,1-3H3,(H2,31,36)(H,32,38)(H,33,40)(H,34,37)/t12-,13+,14-,15-,16+,17+,18+,19-/m1/s1. The normalized spacial score (nSPS) is 33.4. The Kier molecular flexibility index (Phi) is 6.89. The molecule has 3 aliphatic carbocycles. The molecule has 5 amide bonds. The number of carbonyl (C=O) groups excluding carboxylic acids is 5. The zero-order valence-corrected chi connectivity index (χ0v) is 23.0. The van der Waals surface area contributed by atoms with Gasteiger partial charge in [0.15, 0.2) is 0 Å². The maximum absolute atomic E-state index is 13.9. The van der Waals surface area contributed by atoms with Gasteiger partial charge in [0.25, 0.3) is 0 Å². The molecule has 2 aliphatic heterocycles. The van der Waals surface area contributed by atoms with Gasteiger partial charge in [0, 0.05) is 18.0 Å². The molecule has 5 N–H and O–H groups in total. The molecule has 0 unspecified atom stereocenters. The predicted molar refractivity (Wildman–Crippen MR) is 135 cm³/mol. The Labute approximate surface area is 230 Å². The molecule has 40 heavy (non-hydrogen) atoms. The van der Waals surface area contributed by atoms with E-state index in [0.29, 0.717) is 12.3 Å². The Balaban J connectivity index is 1.38. The van der Waals surface area contributed by atoms with Crippen LogP contribution in [0, 0.1) is 35.0 Å². The topological polar surface area (TPSA) is 151 Å². The average Bonchev–Trinajstić information content (AvgIpc) is 3.20. The molecular weight excluding hydrogens is 531 g/mol. The van der Waals surface area contributed by atoms with Crippen molar-refractivity contribution in [1.29, 1.82) is 0 Å². The number of hydrogen-bond donors (Lipinski definition) is 4. The summed E-state index contributed by atoms with van der Waals surface area (Å²) in [4.78, 5) is 65.8. The number of nitrogens with two attached hydrogens (primary N) is 1. The van der Waals surface area contributed by atoms with E-state index in [1.165, 1.54) is 4.90 Å². The number of likely N-dealkylation sites (tertiary alicyclic amines) is 1. The molecule has 3 saturated carbocycles. The second-order valence-electron chi connectivity index (χ2n) is 13.6. The van der Waals surface area contributed by atoms with Gasteiger partial charge >= 0.3 is 12.1 Å². The third-order valence-corrected chi connectivity index (χ3v) is 9.89. The third-order valence-electron chi connectivity index (χ3n) is 9.89. The summed E-state index contributed by atoms with van der Waals surface area (Å²) < 4.78 is 39.4. The van der Waals surface area contributed by atoms with Crippen molar-refractivity contribution in [3.8, 4) is 0 Å². The summed E-state index contributed by atoms with van der Waals surface area (Å²) in [7, 11) is 0. The first kappa shape index (κ1) is 28.7. The SMILES string of the molecule is CC(C)(C)[C@H](NC(=O)C(F)(F)F)C(=O)N1C[C@@H]2[C@@H]3CC[C@@H](C3)[C@@H]2[C@H]1C(=O)N[C@@H](C[C@@H]1CC2(CC2)NC1=O)C(N)=O. The van der Waals surface area contributed by atoms with E-state index in [1.54, 1.807) is 20.8 Å². The predicted octanol–water partition coefficient (Wildman–Crippen LogP) is 0.982. The third kappa shape index (κ3) is 5.15. The zero-order valence-electron chi connectivity index (χ0n) is 23.0. The highest BCUT2D eigenvalue weighted by Gasteiger charge is 2.61. The summed E-state index contributed by atoms with van der Waals surface area (Å²) in [6.07, 6.45) is -0.102. The van der Waals surface area contributed by atoms with E-state index in [9.17, 15) is 37.1 Å². The minimum atomic E-state index is -5.18. The van der Waals surface area contributed by atoms with Crippen molar-refractivity contribution in [2.75, 3.05) is 6.54 Å². The van der Waals surface area contributed by atoms with Crippen LogP contribution in [0.15, 0.2) is 0 Å². The number of carbonyl (C=O) groups is 5. The summed E-state index contributed by atoms with van der Waals surface area (Å²) in [5.74, 6) is -4.81. The number of nitrogens with zero attached hydrogens (tertiary/aromatic N) is 1. The highest BCUT2D eigenvalue weighted by molar-refractivity contribution is 5.96. The van der Waals surface area contributed by atoms with Crippen LogP contribution >= 0.6 is 0 Å². The molecule has 222 valence electrons. The first-order chi connectivity index (χ1) is 18.5. The highest BCUT2D eigenvalue weighted by Crippen LogP contribution is 2.57. The van der Waals surface area contributed by atoms with E-state index in [2.05, 4.69) is 10.6 Å². The Morgan fingerprint density at radius 1 is 1.10 bits per heavy atom. The van der Waals surface area contributed by atoms with Crippen LogP contribution in [0.1, 0.15) is 65.7 Å². The van der Waals surface area contributed by atoms with Gasteiger partial charge in [0.1, 0.15) is 18.1 Å². The lowest BCUT2D eigenvalue weighted by Crippen LogP contribution is -2.61. The van der Waals surface area contributed by atoms with Gasteiger partial charge in [-0.3, -0.25) is 24.0 Å². The van der Waals surface area contributed by atoms with Crippen LogP contribution in [0.5, 0.6) is 0 Å². The lowest BCUT2D eigenvalue weighted by Gasteiger charge is -2.37. The number of rotatable bonds is 7. The van der Waals surface area contributed by atoms with E-state index in [4.69, 9.17) is 5.73 Å². The van der Waals surface area contributed by atoms with Gasteiger partial charge in [-0.15, -0.1) is 0 Å². The molecule has 0 aromatic rings. The first-order valence-corrected chi connectivity index (χ1v) is 14.1. The second kappa shape index (κ2) is 9.61. The van der Waals surface area contributed by atoms with Crippen molar-refractivity contribution < 1.29 is 37.1 Å². The fraction of sp³-hybridized carbons (Fsp3) is 0.815. The van der Waals surface area contributed by atoms with E-state index in [1.807, 2.05) is 5.32 Å². The molecule has 0 aromatic carbocycles. The van der Waals surface area contributed by atoms with Crippen LogP contribution in [-0.2, 0) is 24.0 Å². The van der Waals surface area contributed by atoms with E-state index in [-0.39, 0.29) is 42.2 Å². The van der Waals surface area contributed by atoms with Crippen LogP contribution in [0.3, 0.4) is 0 Å². The van der Waals surface area contributed by atoms with Crippen LogP contribution < -0.4 is 21.7 Å². The molecule has 5 fully saturated rings. The number of halogens is 3. The molecule has 5 rings (SSSR count). The monoisotopic (exact) mass is 569 g/mol. The molecule has 8 atom stereocenters. The Bertz CT molecular complexity index is 1120. The Morgan fingerprint density at radius 3 is 2.30 bits per heavy atom. The van der Waals surface area contributed by atoms with Crippen molar-refractivity contribution in [1.82, 2.24) is 20.9 Å². The first-order valence-electron chi connectivity index (χ1n) is 14.1. The molecule has 13 heteroatoms. The maximum Gasteiger partial charge on any atom is 0.471 e. The summed E-state index contributed by atoms with van der Waals surface area (Å²) in [6.45, 7) is 4.82. The van der Waals surface area contributed by atoms with Gasteiger partial charge in [-0.1, -0.05) is 20.8 Å². The van der Waals surface area contributed by atoms with Crippen molar-refractivity contribution in [3.05, 3.63) is 0 Å². The van der Waals surface area contributed by atoms with Crippen LogP contribution in [-0.4, -0.2) is 70.8 Å². The average molecular weight is 570 g/mol.